The highest BCUT2D eigenvalue weighted by molar-refractivity contribution is 6.44. The van der Waals surface area contributed by atoms with Crippen LogP contribution in [0.3, 0.4) is 0 Å². The summed E-state index contributed by atoms with van der Waals surface area (Å²) in [4.78, 5) is 11.9. The van der Waals surface area contributed by atoms with Crippen LogP contribution in [0.1, 0.15) is 10.4 Å². The van der Waals surface area contributed by atoms with E-state index in [2.05, 4.69) is 5.32 Å². The van der Waals surface area contributed by atoms with E-state index in [1.807, 2.05) is 0 Å². The first-order valence-corrected chi connectivity index (χ1v) is 6.26. The van der Waals surface area contributed by atoms with Gasteiger partial charge in [0.15, 0.2) is 17.5 Å². The Labute approximate surface area is 127 Å². The number of carbonyl (C=O) groups excluding carboxylic acids is 1. The van der Waals surface area contributed by atoms with Gasteiger partial charge in [0.25, 0.3) is 5.91 Å². The second kappa shape index (κ2) is 5.83. The molecule has 0 bridgehead atoms. The zero-order chi connectivity index (χ0) is 15.7. The van der Waals surface area contributed by atoms with Crippen LogP contribution in [0.4, 0.5) is 24.5 Å². The minimum Gasteiger partial charge on any atom is -0.397 e. The lowest BCUT2D eigenvalue weighted by atomic mass is 10.1. The van der Waals surface area contributed by atoms with Crippen molar-refractivity contribution in [2.45, 2.75) is 0 Å². The first kappa shape index (κ1) is 15.5. The van der Waals surface area contributed by atoms with E-state index in [0.717, 1.165) is 6.07 Å². The minimum absolute atomic E-state index is 0.00830. The Bertz CT molecular complexity index is 715. The van der Waals surface area contributed by atoms with Gasteiger partial charge in [-0.2, -0.15) is 0 Å². The van der Waals surface area contributed by atoms with Gasteiger partial charge in [-0.25, -0.2) is 13.2 Å². The second-order valence-corrected chi connectivity index (χ2v) is 4.82. The third-order valence-corrected chi connectivity index (χ3v) is 3.42. The van der Waals surface area contributed by atoms with Crippen molar-refractivity contribution in [2.75, 3.05) is 11.1 Å². The highest BCUT2D eigenvalue weighted by Gasteiger charge is 2.17. The number of nitrogens with one attached hydrogen (secondary N) is 1. The number of nitrogen functional groups attached to an aromatic ring is 1. The van der Waals surface area contributed by atoms with Gasteiger partial charge >= 0.3 is 0 Å². The van der Waals surface area contributed by atoms with E-state index in [4.69, 9.17) is 28.9 Å². The van der Waals surface area contributed by atoms with Crippen molar-refractivity contribution < 1.29 is 18.0 Å². The third-order valence-electron chi connectivity index (χ3n) is 2.60. The van der Waals surface area contributed by atoms with Gasteiger partial charge in [0.05, 0.1) is 21.4 Å². The van der Waals surface area contributed by atoms with Crippen molar-refractivity contribution in [3.05, 3.63) is 57.3 Å². The van der Waals surface area contributed by atoms with Gasteiger partial charge in [-0.3, -0.25) is 4.79 Å². The highest BCUT2D eigenvalue weighted by atomic mass is 35.5. The van der Waals surface area contributed by atoms with Gasteiger partial charge in [-0.1, -0.05) is 23.2 Å². The summed E-state index contributed by atoms with van der Waals surface area (Å²) in [5.41, 5.74) is 5.08. The number of halogens is 5. The normalized spacial score (nSPS) is 10.5. The van der Waals surface area contributed by atoms with Gasteiger partial charge in [-0.15, -0.1) is 0 Å². The molecule has 0 radical (unpaired) electrons. The first-order valence-electron chi connectivity index (χ1n) is 5.50. The SMILES string of the molecule is Nc1cc(C(=O)Nc2ccc(F)c(F)c2F)cc(Cl)c1Cl. The van der Waals surface area contributed by atoms with Gasteiger partial charge in [-0.05, 0) is 24.3 Å². The molecule has 0 spiro atoms. The van der Waals surface area contributed by atoms with E-state index >= 15 is 0 Å². The van der Waals surface area contributed by atoms with Crippen LogP contribution in [-0.4, -0.2) is 5.91 Å². The van der Waals surface area contributed by atoms with E-state index in [1.165, 1.54) is 12.1 Å². The zero-order valence-electron chi connectivity index (χ0n) is 10.2. The summed E-state index contributed by atoms with van der Waals surface area (Å²) in [5.74, 6) is -5.34. The number of amides is 1. The van der Waals surface area contributed by atoms with Crippen LogP contribution in [0, 0.1) is 17.5 Å². The van der Waals surface area contributed by atoms with Crippen LogP contribution in [0.5, 0.6) is 0 Å². The summed E-state index contributed by atoms with van der Waals surface area (Å²) in [6.07, 6.45) is 0. The molecule has 0 unspecified atom stereocenters. The molecule has 21 heavy (non-hydrogen) atoms. The summed E-state index contributed by atoms with van der Waals surface area (Å²) >= 11 is 11.5. The number of hydrogen-bond donors (Lipinski definition) is 2. The van der Waals surface area contributed by atoms with Gasteiger partial charge < -0.3 is 11.1 Å². The Balaban J connectivity index is 2.33. The van der Waals surface area contributed by atoms with Crippen LogP contribution < -0.4 is 11.1 Å². The van der Waals surface area contributed by atoms with E-state index in [-0.39, 0.29) is 21.3 Å². The number of anilines is 2. The van der Waals surface area contributed by atoms with E-state index in [0.29, 0.717) is 6.07 Å². The molecule has 0 aliphatic rings. The third kappa shape index (κ3) is 3.06. The summed E-state index contributed by atoms with van der Waals surface area (Å²) in [7, 11) is 0. The van der Waals surface area contributed by atoms with Gasteiger partial charge in [0, 0.05) is 5.56 Å². The fraction of sp³-hybridized carbons (Fsp3) is 0. The van der Waals surface area contributed by atoms with Crippen LogP contribution >= 0.6 is 23.2 Å². The minimum atomic E-state index is -1.68. The molecule has 0 aliphatic heterocycles. The van der Waals surface area contributed by atoms with E-state index in [1.54, 1.807) is 0 Å². The van der Waals surface area contributed by atoms with Crippen molar-refractivity contribution in [1.29, 1.82) is 0 Å². The maximum atomic E-state index is 13.5. The maximum Gasteiger partial charge on any atom is 0.255 e. The molecular formula is C13H7Cl2F3N2O. The molecule has 3 nitrogen and oxygen atoms in total. The number of carbonyl (C=O) groups is 1. The molecule has 2 rings (SSSR count). The fourth-order valence-electron chi connectivity index (χ4n) is 1.56. The molecule has 110 valence electrons. The molecule has 0 saturated carbocycles. The van der Waals surface area contributed by atoms with Crippen LogP contribution in [0.2, 0.25) is 10.0 Å². The molecule has 0 aliphatic carbocycles. The van der Waals surface area contributed by atoms with E-state index < -0.39 is 29.0 Å². The van der Waals surface area contributed by atoms with Crippen molar-refractivity contribution in [2.24, 2.45) is 0 Å². The number of benzene rings is 2. The predicted octanol–water partition coefficient (Wildman–Crippen LogP) is 4.25. The maximum absolute atomic E-state index is 13.5. The summed E-state index contributed by atoms with van der Waals surface area (Å²) in [5, 5.41) is 2.20. The monoisotopic (exact) mass is 334 g/mol. The Kier molecular flexibility index (Phi) is 4.29. The predicted molar refractivity (Wildman–Crippen MR) is 75.1 cm³/mol. The van der Waals surface area contributed by atoms with Gasteiger partial charge in [0.2, 0.25) is 0 Å². The molecule has 0 saturated heterocycles. The Morgan fingerprint density at radius 1 is 1.10 bits per heavy atom. The molecule has 8 heteroatoms. The van der Waals surface area contributed by atoms with Crippen LogP contribution in [0.15, 0.2) is 24.3 Å². The molecule has 0 atom stereocenters. The smallest absolute Gasteiger partial charge is 0.255 e. The van der Waals surface area contributed by atoms with Crippen molar-refractivity contribution in [1.82, 2.24) is 0 Å². The molecular weight excluding hydrogens is 328 g/mol. The fourth-order valence-corrected chi connectivity index (χ4v) is 1.89. The molecule has 2 aromatic rings. The summed E-state index contributed by atoms with van der Waals surface area (Å²) in [6.45, 7) is 0. The molecule has 2 aromatic carbocycles. The summed E-state index contributed by atoms with van der Waals surface area (Å²) < 4.78 is 39.3. The number of hydrogen-bond acceptors (Lipinski definition) is 2. The Hall–Kier alpha value is -1.92. The Morgan fingerprint density at radius 2 is 1.76 bits per heavy atom. The first-order chi connectivity index (χ1) is 9.81. The van der Waals surface area contributed by atoms with Crippen LogP contribution in [-0.2, 0) is 0 Å². The second-order valence-electron chi connectivity index (χ2n) is 4.04. The molecule has 3 N–H and O–H groups in total. The molecule has 0 aromatic heterocycles. The lowest BCUT2D eigenvalue weighted by molar-refractivity contribution is 0.102. The Morgan fingerprint density at radius 3 is 2.38 bits per heavy atom. The largest absolute Gasteiger partial charge is 0.397 e. The van der Waals surface area contributed by atoms with Gasteiger partial charge in [0.1, 0.15) is 0 Å². The average molecular weight is 335 g/mol. The number of nitrogens with two attached hydrogens (primary N) is 1. The number of rotatable bonds is 2. The molecule has 0 fully saturated rings. The average Bonchev–Trinajstić information content (AvgIpc) is 2.44. The standard InChI is InChI=1S/C13H7Cl2F3N2O/c14-6-3-5(4-8(19)10(6)15)13(21)20-9-2-1-7(16)11(17)12(9)18/h1-4H,19H2,(H,20,21). The van der Waals surface area contributed by atoms with E-state index in [9.17, 15) is 18.0 Å². The van der Waals surface area contributed by atoms with Crippen LogP contribution in [0.25, 0.3) is 0 Å². The highest BCUT2D eigenvalue weighted by Crippen LogP contribution is 2.30. The lowest BCUT2D eigenvalue weighted by Gasteiger charge is -2.09. The summed E-state index contributed by atoms with van der Waals surface area (Å²) in [6, 6.07) is 4.03. The van der Waals surface area contributed by atoms with Crippen molar-refractivity contribution in [3.8, 4) is 0 Å². The molecule has 0 heterocycles. The zero-order valence-corrected chi connectivity index (χ0v) is 11.7. The molecule has 1 amide bonds. The van der Waals surface area contributed by atoms with Crippen molar-refractivity contribution in [3.63, 3.8) is 0 Å². The quantitative estimate of drug-likeness (QED) is 0.637. The van der Waals surface area contributed by atoms with Crippen molar-refractivity contribution >= 4 is 40.5 Å². The lowest BCUT2D eigenvalue weighted by Crippen LogP contribution is -2.14. The topological polar surface area (TPSA) is 55.1 Å².